The number of para-hydroxylation sites is 3. The normalized spacial score (nSPS) is 22.8. The number of fused-ring (bicyclic) bond motifs is 1. The van der Waals surface area contributed by atoms with Crippen LogP contribution in [0.3, 0.4) is 0 Å². The summed E-state index contributed by atoms with van der Waals surface area (Å²) in [6.07, 6.45) is 0. The van der Waals surface area contributed by atoms with Gasteiger partial charge < -0.3 is 0 Å². The number of anilines is 1. The smallest absolute Gasteiger partial charge is 0.265 e. The number of hydrogen-bond acceptors (Lipinski definition) is 4. The van der Waals surface area contributed by atoms with E-state index in [1.165, 1.54) is 0 Å². The number of nitrogens with zero attached hydrogens (tertiary/aromatic N) is 4. The molecule has 5 nitrogen and oxygen atoms in total. The summed E-state index contributed by atoms with van der Waals surface area (Å²) in [7, 11) is 0. The number of aliphatic imine (C=N–C) groups is 1. The van der Waals surface area contributed by atoms with Gasteiger partial charge in [-0.1, -0.05) is 115 Å². The van der Waals surface area contributed by atoms with Crippen LogP contribution >= 0.6 is 11.8 Å². The maximum atomic E-state index is 5.50. The molecule has 0 unspecified atom stereocenters. The molecule has 2 heterocycles. The lowest BCUT2D eigenvalue weighted by Gasteiger charge is -2.39. The van der Waals surface area contributed by atoms with E-state index in [4.69, 9.17) is 10.1 Å². The lowest BCUT2D eigenvalue weighted by atomic mass is 9.85. The summed E-state index contributed by atoms with van der Waals surface area (Å²) in [4.78, 5) is 8.68. The average molecular weight is 525 g/mol. The first-order valence-electron chi connectivity index (χ1n) is 13.0. The van der Waals surface area contributed by atoms with Crippen LogP contribution in [-0.4, -0.2) is 9.97 Å². The van der Waals surface area contributed by atoms with Crippen LogP contribution in [0.25, 0.3) is 0 Å². The van der Waals surface area contributed by atoms with Gasteiger partial charge in [0, 0.05) is 38.9 Å². The molecule has 6 heteroatoms. The largest absolute Gasteiger partial charge is 0.285 e. The van der Waals surface area contributed by atoms with Gasteiger partial charge in [-0.25, -0.2) is 4.99 Å². The Bertz CT molecular complexity index is 1640. The zero-order valence-corrected chi connectivity index (χ0v) is 21.9. The van der Waals surface area contributed by atoms with E-state index in [-0.39, 0.29) is 0 Å². The van der Waals surface area contributed by atoms with Crippen molar-refractivity contribution in [2.45, 2.75) is 10.5 Å². The summed E-state index contributed by atoms with van der Waals surface area (Å²) in [5.74, 6) is 0. The first kappa shape index (κ1) is 23.4. The summed E-state index contributed by atoms with van der Waals surface area (Å²) >= 11 is 1.68. The molecule has 0 bridgehead atoms. The van der Waals surface area contributed by atoms with Crippen LogP contribution in [-0.2, 0) is 10.5 Å². The van der Waals surface area contributed by atoms with E-state index in [9.17, 15) is 0 Å². The van der Waals surface area contributed by atoms with Gasteiger partial charge in [0.05, 0.1) is 5.69 Å². The van der Waals surface area contributed by atoms with E-state index >= 15 is 0 Å². The molecular formula is C33H26N5S+. The van der Waals surface area contributed by atoms with Gasteiger partial charge >= 0.3 is 0 Å². The highest BCUT2D eigenvalue weighted by atomic mass is 32.2. The van der Waals surface area contributed by atoms with Gasteiger partial charge in [-0.3, -0.25) is 4.90 Å². The molecule has 0 aromatic heterocycles. The van der Waals surface area contributed by atoms with E-state index in [1.807, 2.05) is 59.4 Å². The second-order valence-corrected chi connectivity index (χ2v) is 10.6. The third-order valence-electron chi connectivity index (χ3n) is 7.12. The van der Waals surface area contributed by atoms with E-state index < -0.39 is 10.5 Å². The number of amidine groups is 1. The molecule has 2 aliphatic rings. The Morgan fingerprint density at radius 3 is 1.74 bits per heavy atom. The van der Waals surface area contributed by atoms with Crippen molar-refractivity contribution in [3.63, 3.8) is 0 Å². The average Bonchev–Trinajstić information content (AvgIpc) is 3.49. The maximum Gasteiger partial charge on any atom is 0.265 e. The van der Waals surface area contributed by atoms with Crippen LogP contribution in [0.4, 0.5) is 17.1 Å². The summed E-state index contributed by atoms with van der Waals surface area (Å²) in [6, 6.07) is 52.0. The van der Waals surface area contributed by atoms with Gasteiger partial charge in [0.1, 0.15) is 0 Å². The number of benzene rings is 5. The minimum absolute atomic E-state index is 0.797. The van der Waals surface area contributed by atoms with E-state index in [1.54, 1.807) is 11.8 Å². The van der Waals surface area contributed by atoms with Crippen LogP contribution in [0.5, 0.6) is 0 Å². The molecule has 1 fully saturated rings. The van der Waals surface area contributed by atoms with Crippen molar-refractivity contribution in [1.29, 1.82) is 0 Å². The third kappa shape index (κ3) is 3.75. The number of thioether (sulfide) groups is 1. The zero-order valence-electron chi connectivity index (χ0n) is 21.1. The SMILES string of the molecule is c1ccc(N=C2S[C@@]3(c4ccccc4)N=[N+](c4ccccc4)N[C@@]3(c3ccccc3)N2c2ccccc2)cc1. The summed E-state index contributed by atoms with van der Waals surface area (Å²) in [5.41, 5.74) is 8.13. The number of hydrogen-bond donors (Lipinski definition) is 1. The molecule has 1 N–H and O–H groups in total. The Morgan fingerprint density at radius 2 is 1.13 bits per heavy atom. The van der Waals surface area contributed by atoms with Gasteiger partial charge in [-0.05, 0) is 36.0 Å². The van der Waals surface area contributed by atoms with Crippen molar-refractivity contribution in [3.05, 3.63) is 163 Å². The summed E-state index contributed by atoms with van der Waals surface area (Å²) < 4.78 is 0. The summed E-state index contributed by atoms with van der Waals surface area (Å²) in [5, 5.41) is 6.37. The van der Waals surface area contributed by atoms with Gasteiger partial charge in [-0.2, -0.15) is 0 Å². The van der Waals surface area contributed by atoms with Crippen molar-refractivity contribution in [2.24, 2.45) is 10.1 Å². The van der Waals surface area contributed by atoms with Crippen molar-refractivity contribution in [2.75, 3.05) is 4.90 Å². The van der Waals surface area contributed by atoms with E-state index in [0.29, 0.717) is 0 Å². The topological polar surface area (TPSA) is 43.0 Å². The third-order valence-corrected chi connectivity index (χ3v) is 8.48. The molecule has 5 aromatic carbocycles. The Kier molecular flexibility index (Phi) is 5.75. The van der Waals surface area contributed by atoms with Crippen LogP contribution in [0.2, 0.25) is 0 Å². The van der Waals surface area contributed by atoms with Crippen LogP contribution in [0, 0.1) is 0 Å². The molecule has 39 heavy (non-hydrogen) atoms. The molecule has 5 aromatic rings. The molecule has 0 spiro atoms. The summed E-state index contributed by atoms with van der Waals surface area (Å²) in [6.45, 7) is 0. The van der Waals surface area contributed by atoms with Crippen molar-refractivity contribution >= 4 is 34.0 Å². The second-order valence-electron chi connectivity index (χ2n) is 9.45. The molecule has 7 rings (SSSR count). The number of hydrazine groups is 1. The lowest BCUT2D eigenvalue weighted by Crippen LogP contribution is -2.60. The highest BCUT2D eigenvalue weighted by Crippen LogP contribution is 2.63. The Balaban J connectivity index is 1.57. The fourth-order valence-electron chi connectivity index (χ4n) is 5.40. The fraction of sp³-hybridized carbons (Fsp3) is 0.0606. The van der Waals surface area contributed by atoms with Gasteiger partial charge in [0.25, 0.3) is 10.6 Å². The van der Waals surface area contributed by atoms with E-state index in [0.717, 1.165) is 33.4 Å². The lowest BCUT2D eigenvalue weighted by molar-refractivity contribution is -0.568. The predicted octanol–water partition coefficient (Wildman–Crippen LogP) is 7.95. The Hall–Kier alpha value is -4.68. The molecule has 0 radical (unpaired) electrons. The van der Waals surface area contributed by atoms with Gasteiger partial charge in [0.2, 0.25) is 5.66 Å². The van der Waals surface area contributed by atoms with Crippen molar-refractivity contribution in [3.8, 4) is 0 Å². The van der Waals surface area contributed by atoms with Crippen molar-refractivity contribution in [1.82, 2.24) is 5.43 Å². The Morgan fingerprint density at radius 1 is 0.615 bits per heavy atom. The minimum Gasteiger partial charge on any atom is -0.285 e. The van der Waals surface area contributed by atoms with Crippen LogP contribution in [0.15, 0.2) is 162 Å². The molecule has 0 saturated carbocycles. The molecule has 2 atom stereocenters. The Labute approximate surface area is 232 Å². The molecule has 188 valence electrons. The highest BCUT2D eigenvalue weighted by molar-refractivity contribution is 8.15. The standard InChI is InChI=1S/C33H26N5S/c1-6-16-26(17-7-1)32-33(27-18-8-2-9-19-27,36-38(35-32)30-24-14-5-15-25-30)39-31(34-28-20-10-3-11-21-28)37(32)29-22-12-4-13-23-29/h1-25H,(H,35,36)/q+1/t32-,33+/m0/s1. The second kappa shape index (κ2) is 9.57. The highest BCUT2D eigenvalue weighted by Gasteiger charge is 2.74. The number of nitrogens with one attached hydrogen (secondary N) is 1. The predicted molar refractivity (Wildman–Crippen MR) is 158 cm³/mol. The first-order valence-corrected chi connectivity index (χ1v) is 13.8. The molecule has 0 amide bonds. The van der Waals surface area contributed by atoms with Gasteiger partial charge in [-0.15, -0.1) is 5.43 Å². The molecule has 2 aliphatic heterocycles. The number of azo groups is 1. The number of rotatable bonds is 5. The van der Waals surface area contributed by atoms with E-state index in [2.05, 4.69) is 107 Å². The molecular weight excluding hydrogens is 498 g/mol. The van der Waals surface area contributed by atoms with Crippen LogP contribution < -0.4 is 10.3 Å². The monoisotopic (exact) mass is 524 g/mol. The van der Waals surface area contributed by atoms with Crippen molar-refractivity contribution < 1.29 is 4.81 Å². The first-order chi connectivity index (χ1) is 19.3. The van der Waals surface area contributed by atoms with Crippen LogP contribution in [0.1, 0.15) is 11.1 Å². The molecule has 1 saturated heterocycles. The molecule has 0 aliphatic carbocycles. The minimum atomic E-state index is -0.828. The fourth-order valence-corrected chi connectivity index (χ4v) is 6.93. The quantitative estimate of drug-likeness (QED) is 0.237. The maximum absolute atomic E-state index is 5.50. The van der Waals surface area contributed by atoms with Gasteiger partial charge in [0.15, 0.2) is 5.17 Å². The zero-order chi connectivity index (χ0) is 26.1.